The number of hydrogen-bond donors (Lipinski definition) is 1. The van der Waals surface area contributed by atoms with Gasteiger partial charge in [0.1, 0.15) is 0 Å². The molecule has 1 aromatic heterocycles. The summed E-state index contributed by atoms with van der Waals surface area (Å²) < 4.78 is 0. The van der Waals surface area contributed by atoms with Crippen LogP contribution in [0.1, 0.15) is 11.1 Å². The molecule has 0 spiro atoms. The van der Waals surface area contributed by atoms with Crippen LogP contribution in [0.4, 0.5) is 0 Å². The molecule has 0 aliphatic rings. The number of aryl methyl sites for hydroxylation is 2. The Kier molecular flexibility index (Phi) is 3.61. The van der Waals surface area contributed by atoms with Crippen molar-refractivity contribution in [2.45, 2.75) is 13.8 Å². The van der Waals surface area contributed by atoms with E-state index in [-0.39, 0.29) is 0 Å². The van der Waals surface area contributed by atoms with Crippen LogP contribution in [0.25, 0.3) is 10.9 Å². The molecule has 0 atom stereocenters. The van der Waals surface area contributed by atoms with Gasteiger partial charge in [0.15, 0.2) is 0 Å². The van der Waals surface area contributed by atoms with Crippen molar-refractivity contribution in [3.05, 3.63) is 71.9 Å². The Labute approximate surface area is 102 Å². The number of H-pyrrole nitrogens is 1. The largest absolute Gasteiger partial charge is 0.361 e. The third-order valence-corrected chi connectivity index (χ3v) is 2.68. The van der Waals surface area contributed by atoms with Gasteiger partial charge in [0.25, 0.3) is 0 Å². The molecular formula is C16H17N. The molecule has 0 aliphatic carbocycles. The fourth-order valence-corrected chi connectivity index (χ4v) is 1.63. The number of benzene rings is 2. The first kappa shape index (κ1) is 11.5. The van der Waals surface area contributed by atoms with Crippen LogP contribution in [0.3, 0.4) is 0 Å². The second-order valence-corrected chi connectivity index (χ2v) is 4.22. The molecule has 0 aliphatic heterocycles. The number of rotatable bonds is 0. The van der Waals surface area contributed by atoms with E-state index in [0.717, 1.165) is 0 Å². The Morgan fingerprint density at radius 2 is 1.29 bits per heavy atom. The van der Waals surface area contributed by atoms with E-state index in [2.05, 4.69) is 61.3 Å². The Morgan fingerprint density at radius 1 is 0.706 bits per heavy atom. The van der Waals surface area contributed by atoms with Crippen LogP contribution >= 0.6 is 0 Å². The van der Waals surface area contributed by atoms with Crippen molar-refractivity contribution in [1.82, 2.24) is 4.98 Å². The van der Waals surface area contributed by atoms with Gasteiger partial charge in [0.05, 0.1) is 0 Å². The minimum Gasteiger partial charge on any atom is -0.361 e. The number of nitrogens with one attached hydrogen (secondary N) is 1. The molecule has 2 aromatic carbocycles. The molecule has 0 radical (unpaired) electrons. The van der Waals surface area contributed by atoms with Gasteiger partial charge in [-0.15, -0.1) is 0 Å². The number of aromatic amines is 1. The van der Waals surface area contributed by atoms with E-state index in [9.17, 15) is 0 Å². The molecule has 0 saturated carbocycles. The normalized spacial score (nSPS) is 9.76. The third-order valence-electron chi connectivity index (χ3n) is 2.68. The van der Waals surface area contributed by atoms with Gasteiger partial charge in [0.2, 0.25) is 0 Å². The molecule has 0 unspecified atom stereocenters. The van der Waals surface area contributed by atoms with Crippen molar-refractivity contribution < 1.29 is 0 Å². The van der Waals surface area contributed by atoms with E-state index >= 15 is 0 Å². The Balaban J connectivity index is 0.000000128. The zero-order valence-corrected chi connectivity index (χ0v) is 10.3. The molecule has 86 valence electrons. The molecule has 0 fully saturated rings. The van der Waals surface area contributed by atoms with Crippen LogP contribution < -0.4 is 0 Å². The summed E-state index contributed by atoms with van der Waals surface area (Å²) in [5.74, 6) is 0. The third kappa shape index (κ3) is 3.22. The molecule has 3 aromatic rings. The molecule has 1 N–H and O–H groups in total. The fraction of sp³-hybridized carbons (Fsp3) is 0.125. The van der Waals surface area contributed by atoms with E-state index in [0.29, 0.717) is 0 Å². The van der Waals surface area contributed by atoms with Crippen molar-refractivity contribution in [3.8, 4) is 0 Å². The maximum Gasteiger partial charge on any atom is 0.0453 e. The number of para-hydroxylation sites is 1. The molecule has 0 saturated heterocycles. The highest BCUT2D eigenvalue weighted by atomic mass is 14.6. The van der Waals surface area contributed by atoms with Crippen molar-refractivity contribution >= 4 is 10.9 Å². The topological polar surface area (TPSA) is 15.8 Å². The zero-order valence-electron chi connectivity index (χ0n) is 10.3. The summed E-state index contributed by atoms with van der Waals surface area (Å²) in [6, 6.07) is 18.8. The van der Waals surface area contributed by atoms with Gasteiger partial charge in [-0.3, -0.25) is 0 Å². The first-order valence-corrected chi connectivity index (χ1v) is 5.81. The molecule has 17 heavy (non-hydrogen) atoms. The van der Waals surface area contributed by atoms with Crippen molar-refractivity contribution in [2.24, 2.45) is 0 Å². The highest BCUT2D eigenvalue weighted by Gasteiger charge is 1.86. The Morgan fingerprint density at radius 3 is 1.88 bits per heavy atom. The van der Waals surface area contributed by atoms with Gasteiger partial charge in [-0.2, -0.15) is 0 Å². The molecule has 1 heterocycles. The van der Waals surface area contributed by atoms with Gasteiger partial charge in [-0.05, 0) is 31.4 Å². The SMILES string of the molecule is Cc1ccc(C)cc1.c1ccc2[nH]ccc2c1. The second kappa shape index (κ2) is 5.35. The van der Waals surface area contributed by atoms with E-state index in [1.807, 2.05) is 18.3 Å². The summed E-state index contributed by atoms with van der Waals surface area (Å²) in [7, 11) is 0. The summed E-state index contributed by atoms with van der Waals surface area (Å²) in [4.78, 5) is 3.12. The molecule has 1 nitrogen and oxygen atoms in total. The summed E-state index contributed by atoms with van der Waals surface area (Å²) in [6.45, 7) is 4.19. The van der Waals surface area contributed by atoms with Crippen molar-refractivity contribution in [1.29, 1.82) is 0 Å². The number of fused-ring (bicyclic) bond motifs is 1. The molecule has 3 rings (SSSR count). The number of aromatic nitrogens is 1. The summed E-state index contributed by atoms with van der Waals surface area (Å²) >= 11 is 0. The molecule has 0 amide bonds. The maximum absolute atomic E-state index is 3.12. The highest BCUT2D eigenvalue weighted by molar-refractivity contribution is 5.78. The second-order valence-electron chi connectivity index (χ2n) is 4.22. The lowest BCUT2D eigenvalue weighted by molar-refractivity contribution is 1.40. The van der Waals surface area contributed by atoms with E-state index in [1.54, 1.807) is 0 Å². The van der Waals surface area contributed by atoms with Crippen LogP contribution in [-0.4, -0.2) is 4.98 Å². The van der Waals surface area contributed by atoms with Crippen LogP contribution in [0.15, 0.2) is 60.8 Å². The first-order valence-electron chi connectivity index (χ1n) is 5.81. The average molecular weight is 223 g/mol. The van der Waals surface area contributed by atoms with Crippen LogP contribution in [-0.2, 0) is 0 Å². The monoisotopic (exact) mass is 223 g/mol. The lowest BCUT2D eigenvalue weighted by atomic mass is 10.2. The van der Waals surface area contributed by atoms with E-state index in [1.165, 1.54) is 22.0 Å². The number of hydrogen-bond acceptors (Lipinski definition) is 0. The van der Waals surface area contributed by atoms with Crippen LogP contribution in [0.5, 0.6) is 0 Å². The maximum atomic E-state index is 3.12. The van der Waals surface area contributed by atoms with Crippen molar-refractivity contribution in [3.63, 3.8) is 0 Å². The van der Waals surface area contributed by atoms with Gasteiger partial charge >= 0.3 is 0 Å². The summed E-state index contributed by atoms with van der Waals surface area (Å²) in [5, 5.41) is 1.28. The van der Waals surface area contributed by atoms with Crippen LogP contribution in [0.2, 0.25) is 0 Å². The lowest BCUT2D eigenvalue weighted by Crippen LogP contribution is -1.70. The average Bonchev–Trinajstić information content (AvgIpc) is 2.82. The van der Waals surface area contributed by atoms with Gasteiger partial charge < -0.3 is 4.98 Å². The van der Waals surface area contributed by atoms with Gasteiger partial charge in [0, 0.05) is 11.7 Å². The predicted molar refractivity (Wildman–Crippen MR) is 74.2 cm³/mol. The minimum absolute atomic E-state index is 1.21. The first-order chi connectivity index (χ1) is 8.25. The van der Waals surface area contributed by atoms with Crippen LogP contribution in [0, 0.1) is 13.8 Å². The fourth-order valence-electron chi connectivity index (χ4n) is 1.63. The van der Waals surface area contributed by atoms with Crippen molar-refractivity contribution in [2.75, 3.05) is 0 Å². The van der Waals surface area contributed by atoms with E-state index < -0.39 is 0 Å². The van der Waals surface area contributed by atoms with E-state index in [4.69, 9.17) is 0 Å². The molecular weight excluding hydrogens is 206 g/mol. The van der Waals surface area contributed by atoms with Gasteiger partial charge in [-0.1, -0.05) is 53.6 Å². The zero-order chi connectivity index (χ0) is 12.1. The molecule has 0 bridgehead atoms. The van der Waals surface area contributed by atoms with Gasteiger partial charge in [-0.25, -0.2) is 0 Å². The predicted octanol–water partition coefficient (Wildman–Crippen LogP) is 4.47. The summed E-state index contributed by atoms with van der Waals surface area (Å²) in [6.07, 6.45) is 1.95. The Hall–Kier alpha value is -2.02. The minimum atomic E-state index is 1.21. The Bertz CT molecular complexity index is 525. The quantitative estimate of drug-likeness (QED) is 0.578. The molecule has 1 heteroatoms. The smallest absolute Gasteiger partial charge is 0.0453 e. The standard InChI is InChI=1S/C8H7N.C8H10/c1-2-4-8-7(3-1)5-6-9-8;1-7-3-5-8(2)6-4-7/h1-6,9H;3-6H,1-2H3. The highest BCUT2D eigenvalue weighted by Crippen LogP contribution is 2.09. The summed E-state index contributed by atoms with van der Waals surface area (Å²) in [5.41, 5.74) is 3.86. The lowest BCUT2D eigenvalue weighted by Gasteiger charge is -1.90.